The van der Waals surface area contributed by atoms with Crippen molar-refractivity contribution in [2.75, 3.05) is 0 Å². The lowest BCUT2D eigenvalue weighted by Gasteiger charge is -2.10. The Kier molecular flexibility index (Phi) is 4.74. The van der Waals surface area contributed by atoms with Crippen LogP contribution in [-0.2, 0) is 11.4 Å². The predicted molar refractivity (Wildman–Crippen MR) is 80.3 cm³/mol. The zero-order chi connectivity index (χ0) is 15.2. The second-order valence-electron chi connectivity index (χ2n) is 4.62. The van der Waals surface area contributed by atoms with E-state index in [9.17, 15) is 4.79 Å². The summed E-state index contributed by atoms with van der Waals surface area (Å²) in [6.45, 7) is 1.87. The number of benzene rings is 2. The van der Waals surface area contributed by atoms with Gasteiger partial charge in [-0.25, -0.2) is 4.79 Å². The number of carboxylic acids is 1. The zero-order valence-electron chi connectivity index (χ0n) is 11.6. The van der Waals surface area contributed by atoms with Gasteiger partial charge >= 0.3 is 5.97 Å². The smallest absolute Gasteiger partial charge is 0.328 e. The van der Waals surface area contributed by atoms with Crippen molar-refractivity contribution < 1.29 is 19.7 Å². The number of hydrogen-bond acceptors (Lipinski definition) is 3. The van der Waals surface area contributed by atoms with Crippen molar-refractivity contribution in [3.8, 4) is 11.5 Å². The molecular weight excluding hydrogens is 268 g/mol. The molecule has 108 valence electrons. The largest absolute Gasteiger partial charge is 0.478 e. The van der Waals surface area contributed by atoms with Crippen LogP contribution >= 0.6 is 0 Å². The molecule has 0 aliphatic heterocycles. The van der Waals surface area contributed by atoms with Crippen molar-refractivity contribution in [1.29, 1.82) is 0 Å². The summed E-state index contributed by atoms with van der Waals surface area (Å²) in [6.07, 6.45) is 2.58. The van der Waals surface area contributed by atoms with Crippen molar-refractivity contribution in [2.45, 2.75) is 13.5 Å². The van der Waals surface area contributed by atoms with E-state index in [0.717, 1.165) is 17.2 Å². The van der Waals surface area contributed by atoms with E-state index < -0.39 is 5.97 Å². The highest BCUT2D eigenvalue weighted by Gasteiger charge is 2.04. The maximum Gasteiger partial charge on any atom is 0.328 e. The van der Waals surface area contributed by atoms with Gasteiger partial charge in [0, 0.05) is 11.6 Å². The Morgan fingerprint density at radius 3 is 2.76 bits per heavy atom. The fourth-order valence-electron chi connectivity index (χ4n) is 1.89. The minimum absolute atomic E-state index is 0.0587. The monoisotopic (exact) mass is 284 g/mol. The van der Waals surface area contributed by atoms with Crippen LogP contribution in [0.2, 0.25) is 0 Å². The summed E-state index contributed by atoms with van der Waals surface area (Å²) in [7, 11) is 0. The highest BCUT2D eigenvalue weighted by Crippen LogP contribution is 2.28. The molecule has 0 aliphatic carbocycles. The number of carbonyl (C=O) groups is 1. The van der Waals surface area contributed by atoms with Gasteiger partial charge in [0.05, 0.1) is 6.61 Å². The van der Waals surface area contributed by atoms with Crippen LogP contribution in [0.3, 0.4) is 0 Å². The van der Waals surface area contributed by atoms with Gasteiger partial charge in [0.15, 0.2) is 0 Å². The number of aryl methyl sites for hydroxylation is 1. The average Bonchev–Trinajstić information content (AvgIpc) is 2.47. The van der Waals surface area contributed by atoms with Crippen LogP contribution in [0.5, 0.6) is 11.5 Å². The molecule has 0 aromatic heterocycles. The van der Waals surface area contributed by atoms with Crippen LogP contribution in [0.1, 0.15) is 16.7 Å². The first kappa shape index (κ1) is 14.8. The normalized spacial score (nSPS) is 10.8. The third-order valence-corrected chi connectivity index (χ3v) is 2.88. The Balaban J connectivity index is 2.32. The van der Waals surface area contributed by atoms with Gasteiger partial charge in [0.2, 0.25) is 0 Å². The molecule has 0 saturated heterocycles. The Morgan fingerprint density at radius 1 is 1.24 bits per heavy atom. The van der Waals surface area contributed by atoms with Crippen molar-refractivity contribution in [2.24, 2.45) is 0 Å². The Bertz CT molecular complexity index is 674. The number of rotatable bonds is 5. The first-order valence-electron chi connectivity index (χ1n) is 6.48. The maximum atomic E-state index is 10.7. The van der Waals surface area contributed by atoms with Crippen molar-refractivity contribution in [3.05, 3.63) is 65.2 Å². The lowest BCUT2D eigenvalue weighted by atomic mass is 10.1. The molecule has 4 nitrogen and oxygen atoms in total. The summed E-state index contributed by atoms with van der Waals surface area (Å²) in [5, 5.41) is 17.9. The van der Waals surface area contributed by atoms with Gasteiger partial charge in [-0.2, -0.15) is 0 Å². The van der Waals surface area contributed by atoms with E-state index in [1.807, 2.05) is 19.1 Å². The molecule has 2 N–H and O–H groups in total. The number of aliphatic hydroxyl groups is 1. The SMILES string of the molecule is Cc1ccc(Oc2cccc(CO)c2)c(/C=C/C(=O)O)c1. The fraction of sp³-hybridized carbons (Fsp3) is 0.118. The Labute approximate surface area is 122 Å². The Hall–Kier alpha value is -2.59. The molecular formula is C17H16O4. The number of hydrogen-bond donors (Lipinski definition) is 2. The van der Waals surface area contributed by atoms with Gasteiger partial charge in [0.25, 0.3) is 0 Å². The molecule has 0 spiro atoms. The highest BCUT2D eigenvalue weighted by atomic mass is 16.5. The molecule has 21 heavy (non-hydrogen) atoms. The first-order valence-corrected chi connectivity index (χ1v) is 6.48. The molecule has 0 fully saturated rings. The molecule has 2 rings (SSSR count). The van der Waals surface area contributed by atoms with Gasteiger partial charge in [-0.3, -0.25) is 0 Å². The number of carboxylic acid groups (broad SMARTS) is 1. The third-order valence-electron chi connectivity index (χ3n) is 2.88. The summed E-state index contributed by atoms with van der Waals surface area (Å²) >= 11 is 0. The molecule has 4 heteroatoms. The van der Waals surface area contributed by atoms with Crippen LogP contribution < -0.4 is 4.74 Å². The van der Waals surface area contributed by atoms with E-state index in [2.05, 4.69) is 0 Å². The summed E-state index contributed by atoms with van der Waals surface area (Å²) in [5.41, 5.74) is 2.45. The zero-order valence-corrected chi connectivity index (χ0v) is 11.6. The third kappa shape index (κ3) is 4.19. The number of aliphatic hydroxyl groups excluding tert-OH is 1. The molecule has 0 bridgehead atoms. The van der Waals surface area contributed by atoms with E-state index in [1.165, 1.54) is 6.08 Å². The Morgan fingerprint density at radius 2 is 2.05 bits per heavy atom. The molecule has 2 aromatic carbocycles. The van der Waals surface area contributed by atoms with Crippen LogP contribution in [0.25, 0.3) is 6.08 Å². The van der Waals surface area contributed by atoms with E-state index in [0.29, 0.717) is 17.1 Å². The predicted octanol–water partition coefficient (Wildman–Crippen LogP) is 3.38. The van der Waals surface area contributed by atoms with Crippen LogP contribution in [0.4, 0.5) is 0 Å². The summed E-state index contributed by atoms with van der Waals surface area (Å²) in [4.78, 5) is 10.7. The fourth-order valence-corrected chi connectivity index (χ4v) is 1.89. The molecule has 0 aliphatic rings. The lowest BCUT2D eigenvalue weighted by Crippen LogP contribution is -1.91. The van der Waals surface area contributed by atoms with Gasteiger partial charge in [-0.05, 0) is 42.8 Å². The molecule has 0 atom stereocenters. The summed E-state index contributed by atoms with van der Waals surface area (Å²) < 4.78 is 5.78. The quantitative estimate of drug-likeness (QED) is 0.826. The van der Waals surface area contributed by atoms with Crippen molar-refractivity contribution in [3.63, 3.8) is 0 Å². The van der Waals surface area contributed by atoms with Crippen LogP contribution in [0, 0.1) is 6.92 Å². The van der Waals surface area contributed by atoms with Gasteiger partial charge in [0.1, 0.15) is 11.5 Å². The maximum absolute atomic E-state index is 10.7. The molecule has 0 heterocycles. The second-order valence-corrected chi connectivity index (χ2v) is 4.62. The van der Waals surface area contributed by atoms with Crippen LogP contribution in [0.15, 0.2) is 48.5 Å². The van der Waals surface area contributed by atoms with Gasteiger partial charge in [-0.1, -0.05) is 23.8 Å². The standard InChI is InChI=1S/C17H16O4/c1-12-5-7-16(14(9-12)6-8-17(19)20)21-15-4-2-3-13(10-15)11-18/h2-10,18H,11H2,1H3,(H,19,20)/b8-6+. The first-order chi connectivity index (χ1) is 10.1. The highest BCUT2D eigenvalue weighted by molar-refractivity contribution is 5.86. The molecule has 0 unspecified atom stereocenters. The molecule has 0 saturated carbocycles. The minimum atomic E-state index is -1.01. The van der Waals surface area contributed by atoms with E-state index in [1.54, 1.807) is 30.3 Å². The summed E-state index contributed by atoms with van der Waals surface area (Å²) in [6, 6.07) is 12.7. The molecule has 0 radical (unpaired) electrons. The van der Waals surface area contributed by atoms with Crippen molar-refractivity contribution >= 4 is 12.0 Å². The van der Waals surface area contributed by atoms with E-state index >= 15 is 0 Å². The summed E-state index contributed by atoms with van der Waals surface area (Å²) in [5.74, 6) is 0.147. The lowest BCUT2D eigenvalue weighted by molar-refractivity contribution is -0.131. The topological polar surface area (TPSA) is 66.8 Å². The van der Waals surface area contributed by atoms with E-state index in [4.69, 9.17) is 14.9 Å². The second kappa shape index (κ2) is 6.72. The van der Waals surface area contributed by atoms with Gasteiger partial charge in [-0.15, -0.1) is 0 Å². The minimum Gasteiger partial charge on any atom is -0.478 e. The number of aliphatic carboxylic acids is 1. The number of ether oxygens (including phenoxy) is 1. The van der Waals surface area contributed by atoms with E-state index in [-0.39, 0.29) is 6.61 Å². The van der Waals surface area contributed by atoms with Crippen LogP contribution in [-0.4, -0.2) is 16.2 Å². The van der Waals surface area contributed by atoms with Gasteiger partial charge < -0.3 is 14.9 Å². The average molecular weight is 284 g/mol. The molecule has 2 aromatic rings. The molecule has 0 amide bonds. The van der Waals surface area contributed by atoms with Crippen molar-refractivity contribution in [1.82, 2.24) is 0 Å².